The van der Waals surface area contributed by atoms with E-state index in [0.29, 0.717) is 0 Å². The number of allylic oxidation sites excluding steroid dienone is 1. The molecule has 2 rings (SSSR count). The average Bonchev–Trinajstić information content (AvgIpc) is 2.30. The third-order valence-corrected chi connectivity index (χ3v) is 1.80. The van der Waals surface area contributed by atoms with Gasteiger partial charge in [0.15, 0.2) is 12.2 Å². The van der Waals surface area contributed by atoms with Gasteiger partial charge in [-0.05, 0) is 18.2 Å². The number of halogens is 1. The van der Waals surface area contributed by atoms with E-state index in [0.717, 1.165) is 5.69 Å². The van der Waals surface area contributed by atoms with Gasteiger partial charge >= 0.3 is 0 Å². The molecule has 98 valence electrons. The van der Waals surface area contributed by atoms with Crippen LogP contribution in [0.2, 0.25) is 0 Å². The molecule has 0 bridgehead atoms. The summed E-state index contributed by atoms with van der Waals surface area (Å²) in [4.78, 5) is 9.92. The molecular weight excluding hydrogens is 254 g/mol. The molecule has 1 aliphatic heterocycles. The van der Waals surface area contributed by atoms with Gasteiger partial charge in [-0.15, -0.1) is 12.4 Å². The predicted octanol–water partition coefficient (Wildman–Crippen LogP) is -0.0112. The number of guanidine groups is 1. The van der Waals surface area contributed by atoms with Gasteiger partial charge in [0.25, 0.3) is 0 Å². The van der Waals surface area contributed by atoms with Gasteiger partial charge in [-0.25, -0.2) is 0 Å². The number of aliphatic imine (C=N–C) groups is 1. The van der Waals surface area contributed by atoms with Crippen LogP contribution < -0.4 is 22.1 Å². The van der Waals surface area contributed by atoms with Crippen LogP contribution >= 0.6 is 12.4 Å². The Morgan fingerprint density at radius 3 is 2.56 bits per heavy atom. The van der Waals surface area contributed by atoms with Gasteiger partial charge < -0.3 is 16.4 Å². The molecule has 0 spiro atoms. The number of nitrogens with zero attached hydrogens (tertiary/aromatic N) is 3. The molecule has 7 N–H and O–H groups in total. The summed E-state index contributed by atoms with van der Waals surface area (Å²) in [6, 6.07) is 3.81. The summed E-state index contributed by atoms with van der Waals surface area (Å²) in [6.07, 6.45) is 8.56. The maximum absolute atomic E-state index is 6.06. The van der Waals surface area contributed by atoms with Crippen LogP contribution in [0.3, 0.4) is 0 Å². The van der Waals surface area contributed by atoms with E-state index in [9.17, 15) is 0 Å². The molecule has 7 nitrogen and oxygen atoms in total. The summed E-state index contributed by atoms with van der Waals surface area (Å²) in [7, 11) is 0. The van der Waals surface area contributed by atoms with Crippen molar-refractivity contribution in [3.63, 3.8) is 0 Å². The van der Waals surface area contributed by atoms with Crippen LogP contribution in [0.4, 0.5) is 5.69 Å². The Labute approximate surface area is 111 Å². The minimum Gasteiger partial charge on any atom is -0.370 e. The van der Waals surface area contributed by atoms with Crippen molar-refractivity contribution >= 4 is 30.3 Å². The predicted molar refractivity (Wildman–Crippen MR) is 75.7 cm³/mol. The van der Waals surface area contributed by atoms with Crippen molar-refractivity contribution in [3.05, 3.63) is 36.8 Å². The fourth-order valence-corrected chi connectivity index (χ4v) is 1.17. The SMILES string of the molecule is Cl.N=C(N)N.NC1N=CC=CN1c1cccnc1. The average molecular weight is 270 g/mol. The second kappa shape index (κ2) is 8.04. The monoisotopic (exact) mass is 269 g/mol. The summed E-state index contributed by atoms with van der Waals surface area (Å²) in [6.45, 7) is 0. The van der Waals surface area contributed by atoms with E-state index in [1.165, 1.54) is 0 Å². The molecule has 0 aliphatic carbocycles. The lowest BCUT2D eigenvalue weighted by Crippen LogP contribution is -2.38. The third-order valence-electron chi connectivity index (χ3n) is 1.80. The van der Waals surface area contributed by atoms with Crippen LogP contribution in [0, 0.1) is 5.41 Å². The van der Waals surface area contributed by atoms with Gasteiger partial charge in [0.1, 0.15) is 0 Å². The van der Waals surface area contributed by atoms with Crippen LogP contribution in [0.25, 0.3) is 0 Å². The van der Waals surface area contributed by atoms with Crippen molar-refractivity contribution in [2.45, 2.75) is 6.29 Å². The lowest BCUT2D eigenvalue weighted by atomic mass is 10.3. The Hall–Kier alpha value is -2.12. The Morgan fingerprint density at radius 1 is 1.39 bits per heavy atom. The van der Waals surface area contributed by atoms with Gasteiger partial charge in [0, 0.05) is 18.6 Å². The van der Waals surface area contributed by atoms with Crippen molar-refractivity contribution in [2.24, 2.45) is 22.2 Å². The van der Waals surface area contributed by atoms with Crippen LogP contribution in [0.1, 0.15) is 0 Å². The maximum atomic E-state index is 6.06. The highest BCUT2D eigenvalue weighted by molar-refractivity contribution is 5.85. The molecule has 0 aromatic carbocycles. The van der Waals surface area contributed by atoms with E-state index in [-0.39, 0.29) is 24.7 Å². The Bertz CT molecular complexity index is 413. The zero-order valence-corrected chi connectivity index (χ0v) is 10.4. The van der Waals surface area contributed by atoms with E-state index in [2.05, 4.69) is 21.4 Å². The molecule has 1 aromatic heterocycles. The highest BCUT2D eigenvalue weighted by Crippen LogP contribution is 2.15. The zero-order chi connectivity index (χ0) is 12.7. The van der Waals surface area contributed by atoms with Crippen LogP contribution in [0.5, 0.6) is 0 Å². The quantitative estimate of drug-likeness (QED) is 0.421. The molecule has 0 saturated carbocycles. The van der Waals surface area contributed by atoms with Crippen LogP contribution in [-0.4, -0.2) is 23.4 Å². The van der Waals surface area contributed by atoms with E-state index < -0.39 is 0 Å². The molecule has 0 fully saturated rings. The molecule has 1 atom stereocenters. The number of rotatable bonds is 1. The molecule has 1 aliphatic rings. The summed E-state index contributed by atoms with van der Waals surface area (Å²) in [5.74, 6) is -0.333. The Balaban J connectivity index is 0.000000512. The van der Waals surface area contributed by atoms with E-state index in [4.69, 9.17) is 11.1 Å². The fraction of sp³-hybridized carbons (Fsp3) is 0.100. The number of hydrogen-bond acceptors (Lipinski definition) is 5. The summed E-state index contributed by atoms with van der Waals surface area (Å²) in [5.41, 5.74) is 15.7. The standard InChI is InChI=1S/C9H10N4.CH5N3.ClH/c10-9-12-5-2-6-13(9)8-3-1-4-11-7-8;2-1(3)4;/h1-7,9H,10H2;(H5,2,3,4);1H. The third kappa shape index (κ3) is 5.28. The number of aromatic nitrogens is 1. The highest BCUT2D eigenvalue weighted by Gasteiger charge is 2.11. The topological polar surface area (TPSA) is 130 Å². The van der Waals surface area contributed by atoms with Gasteiger partial charge in [-0.1, -0.05) is 0 Å². The zero-order valence-electron chi connectivity index (χ0n) is 9.60. The summed E-state index contributed by atoms with van der Waals surface area (Å²) in [5, 5.41) is 6.06. The number of pyridine rings is 1. The Kier molecular flexibility index (Phi) is 7.10. The second-order valence-corrected chi connectivity index (χ2v) is 3.13. The van der Waals surface area contributed by atoms with Crippen molar-refractivity contribution in [3.8, 4) is 0 Å². The van der Waals surface area contributed by atoms with Crippen molar-refractivity contribution in [1.82, 2.24) is 4.98 Å². The van der Waals surface area contributed by atoms with Gasteiger partial charge in [0.2, 0.25) is 0 Å². The second-order valence-electron chi connectivity index (χ2n) is 3.13. The molecule has 2 heterocycles. The summed E-state index contributed by atoms with van der Waals surface area (Å²) >= 11 is 0. The van der Waals surface area contributed by atoms with Crippen molar-refractivity contribution < 1.29 is 0 Å². The first-order chi connectivity index (χ1) is 8.11. The molecule has 1 unspecified atom stereocenters. The minimum absolute atomic E-state index is 0. The summed E-state index contributed by atoms with van der Waals surface area (Å²) < 4.78 is 0. The number of nitrogens with two attached hydrogens (primary N) is 3. The number of anilines is 1. The van der Waals surface area contributed by atoms with E-state index >= 15 is 0 Å². The normalized spacial score (nSPS) is 16.3. The first-order valence-electron chi connectivity index (χ1n) is 4.84. The van der Waals surface area contributed by atoms with Gasteiger partial charge in [-0.3, -0.25) is 21.1 Å². The van der Waals surface area contributed by atoms with E-state index in [1.54, 1.807) is 18.6 Å². The molecule has 0 amide bonds. The van der Waals surface area contributed by atoms with Crippen LogP contribution in [0.15, 0.2) is 41.8 Å². The van der Waals surface area contributed by atoms with Crippen molar-refractivity contribution in [1.29, 1.82) is 5.41 Å². The van der Waals surface area contributed by atoms with E-state index in [1.807, 2.05) is 29.3 Å². The smallest absolute Gasteiger partial charge is 0.183 e. The highest BCUT2D eigenvalue weighted by atomic mass is 35.5. The molecule has 8 heteroatoms. The van der Waals surface area contributed by atoms with Gasteiger partial charge in [-0.2, -0.15) is 0 Å². The first kappa shape index (κ1) is 15.9. The number of nitrogens with one attached hydrogen (secondary N) is 1. The molecule has 0 radical (unpaired) electrons. The Morgan fingerprint density at radius 2 is 2.06 bits per heavy atom. The molecule has 1 aromatic rings. The lowest BCUT2D eigenvalue weighted by Gasteiger charge is -2.25. The molecule has 18 heavy (non-hydrogen) atoms. The lowest BCUT2D eigenvalue weighted by molar-refractivity contribution is 0.710. The first-order valence-corrected chi connectivity index (χ1v) is 4.84. The maximum Gasteiger partial charge on any atom is 0.183 e. The largest absolute Gasteiger partial charge is 0.370 e. The fourth-order valence-electron chi connectivity index (χ4n) is 1.17. The minimum atomic E-state index is -0.339. The van der Waals surface area contributed by atoms with Gasteiger partial charge in [0.05, 0.1) is 11.9 Å². The molecular formula is C10H16ClN7. The molecule has 0 saturated heterocycles. The van der Waals surface area contributed by atoms with Crippen LogP contribution in [-0.2, 0) is 0 Å². The van der Waals surface area contributed by atoms with Crippen molar-refractivity contribution in [2.75, 3.05) is 4.90 Å². The number of hydrogen-bond donors (Lipinski definition) is 4.